The summed E-state index contributed by atoms with van der Waals surface area (Å²) in [6, 6.07) is 12.5. The van der Waals surface area contributed by atoms with Crippen LogP contribution in [0.4, 0.5) is 0 Å². The predicted molar refractivity (Wildman–Crippen MR) is 88.5 cm³/mol. The van der Waals surface area contributed by atoms with Gasteiger partial charge in [-0.1, -0.05) is 50.2 Å². The van der Waals surface area contributed by atoms with E-state index in [9.17, 15) is 5.11 Å². The summed E-state index contributed by atoms with van der Waals surface area (Å²) in [7, 11) is 0. The first-order chi connectivity index (χ1) is 10.1. The van der Waals surface area contributed by atoms with Crippen molar-refractivity contribution in [3.63, 3.8) is 0 Å². The first-order valence-electron chi connectivity index (χ1n) is 8.02. The fourth-order valence-corrected chi connectivity index (χ4v) is 3.45. The van der Waals surface area contributed by atoms with Gasteiger partial charge in [-0.25, -0.2) is 0 Å². The van der Waals surface area contributed by atoms with Gasteiger partial charge in [0.1, 0.15) is 5.75 Å². The number of aromatic hydroxyl groups is 1. The van der Waals surface area contributed by atoms with Crippen molar-refractivity contribution in [2.24, 2.45) is 11.8 Å². The number of likely N-dealkylation sites (tertiary alicyclic amines) is 1. The van der Waals surface area contributed by atoms with E-state index in [1.807, 2.05) is 24.3 Å². The summed E-state index contributed by atoms with van der Waals surface area (Å²) in [6.45, 7) is 9.14. The van der Waals surface area contributed by atoms with Gasteiger partial charge in [0.05, 0.1) is 0 Å². The molecule has 2 aromatic carbocycles. The van der Waals surface area contributed by atoms with Gasteiger partial charge in [0.2, 0.25) is 0 Å². The number of rotatable bonds is 2. The zero-order valence-electron chi connectivity index (χ0n) is 13.2. The van der Waals surface area contributed by atoms with E-state index in [0.29, 0.717) is 5.75 Å². The second-order valence-electron chi connectivity index (χ2n) is 6.64. The third-order valence-electron chi connectivity index (χ3n) is 5.30. The molecule has 3 atom stereocenters. The number of hydrogen-bond donors (Lipinski definition) is 1. The molecule has 1 aliphatic heterocycles. The largest absolute Gasteiger partial charge is 0.507 e. The second-order valence-corrected chi connectivity index (χ2v) is 6.64. The lowest BCUT2D eigenvalue weighted by molar-refractivity contribution is 0.102. The van der Waals surface area contributed by atoms with Gasteiger partial charge in [0.25, 0.3) is 0 Å². The maximum atomic E-state index is 10.6. The molecular weight excluding hydrogens is 258 g/mol. The molecule has 2 heteroatoms. The van der Waals surface area contributed by atoms with Crippen molar-refractivity contribution in [3.8, 4) is 5.75 Å². The highest BCUT2D eigenvalue weighted by atomic mass is 16.3. The lowest BCUT2D eigenvalue weighted by atomic mass is 9.87. The number of hydrogen-bond acceptors (Lipinski definition) is 2. The molecule has 2 nitrogen and oxygen atoms in total. The number of benzene rings is 2. The van der Waals surface area contributed by atoms with Crippen molar-refractivity contribution < 1.29 is 5.11 Å². The highest BCUT2D eigenvalue weighted by Crippen LogP contribution is 2.37. The van der Waals surface area contributed by atoms with E-state index < -0.39 is 0 Å². The van der Waals surface area contributed by atoms with Crippen LogP contribution in [0.25, 0.3) is 10.8 Å². The summed E-state index contributed by atoms with van der Waals surface area (Å²) >= 11 is 0. The smallest absolute Gasteiger partial charge is 0.128 e. The van der Waals surface area contributed by atoms with Gasteiger partial charge >= 0.3 is 0 Å². The molecule has 1 N–H and O–H groups in total. The topological polar surface area (TPSA) is 23.5 Å². The molecule has 0 aromatic heterocycles. The summed E-state index contributed by atoms with van der Waals surface area (Å²) in [5, 5.41) is 12.7. The maximum Gasteiger partial charge on any atom is 0.128 e. The third kappa shape index (κ3) is 2.65. The fraction of sp³-hybridized carbons (Fsp3) is 0.474. The number of piperidine rings is 1. The molecule has 0 aliphatic carbocycles. The van der Waals surface area contributed by atoms with Crippen molar-refractivity contribution >= 4 is 10.8 Å². The first-order valence-corrected chi connectivity index (χ1v) is 8.02. The molecule has 0 saturated carbocycles. The number of phenols is 1. The Morgan fingerprint density at radius 1 is 1.10 bits per heavy atom. The Morgan fingerprint density at radius 2 is 1.86 bits per heavy atom. The molecule has 112 valence electrons. The van der Waals surface area contributed by atoms with Crippen LogP contribution in [0.15, 0.2) is 36.4 Å². The monoisotopic (exact) mass is 283 g/mol. The summed E-state index contributed by atoms with van der Waals surface area (Å²) in [5.41, 5.74) is 1.05. The van der Waals surface area contributed by atoms with Crippen molar-refractivity contribution in [1.29, 1.82) is 0 Å². The Hall–Kier alpha value is -1.54. The van der Waals surface area contributed by atoms with Gasteiger partial charge in [0.15, 0.2) is 0 Å². The zero-order chi connectivity index (χ0) is 15.0. The number of fused-ring (bicyclic) bond motifs is 1. The van der Waals surface area contributed by atoms with Gasteiger partial charge in [-0.05, 0) is 37.1 Å². The molecule has 0 spiro atoms. The van der Waals surface area contributed by atoms with Gasteiger partial charge in [-0.15, -0.1) is 0 Å². The van der Waals surface area contributed by atoms with Crippen molar-refractivity contribution in [2.45, 2.75) is 33.2 Å². The number of nitrogens with zero attached hydrogens (tertiary/aromatic N) is 1. The molecule has 1 heterocycles. The van der Waals surface area contributed by atoms with Crippen LogP contribution in [0.1, 0.15) is 38.8 Å². The summed E-state index contributed by atoms with van der Waals surface area (Å²) in [4.78, 5) is 2.51. The van der Waals surface area contributed by atoms with Gasteiger partial charge < -0.3 is 5.11 Å². The molecule has 2 aromatic rings. The molecular formula is C19H25NO. The Balaban J connectivity index is 1.91. The Bertz CT molecular complexity index is 636. The van der Waals surface area contributed by atoms with E-state index in [1.165, 1.54) is 6.42 Å². The molecule has 1 aliphatic rings. The van der Waals surface area contributed by atoms with Crippen molar-refractivity contribution in [2.75, 3.05) is 13.1 Å². The van der Waals surface area contributed by atoms with Crippen LogP contribution in [-0.2, 0) is 0 Å². The summed E-state index contributed by atoms with van der Waals surface area (Å²) in [6.07, 6.45) is 1.25. The normalized spacial score (nSPS) is 25.1. The van der Waals surface area contributed by atoms with Crippen LogP contribution in [0.5, 0.6) is 5.75 Å². The van der Waals surface area contributed by atoms with Crippen LogP contribution >= 0.6 is 0 Å². The third-order valence-corrected chi connectivity index (χ3v) is 5.30. The van der Waals surface area contributed by atoms with Crippen LogP contribution < -0.4 is 0 Å². The first kappa shape index (κ1) is 14.4. The molecule has 3 rings (SSSR count). The van der Waals surface area contributed by atoms with E-state index in [1.54, 1.807) is 0 Å². The van der Waals surface area contributed by atoms with E-state index >= 15 is 0 Å². The quantitative estimate of drug-likeness (QED) is 0.871. The van der Waals surface area contributed by atoms with Crippen molar-refractivity contribution in [3.05, 3.63) is 42.0 Å². The summed E-state index contributed by atoms with van der Waals surface area (Å²) in [5.74, 6) is 1.98. The molecule has 0 radical (unpaired) electrons. The molecule has 0 bridgehead atoms. The highest BCUT2D eigenvalue weighted by molar-refractivity contribution is 5.89. The standard InChI is InChI=1S/C19H25NO/c1-13-10-11-20(12-14(13)2)15(3)17-9-8-16-6-4-5-7-18(16)19(17)21/h4-9,13-15,21H,10-12H2,1-3H3. The Morgan fingerprint density at radius 3 is 2.62 bits per heavy atom. The second kappa shape index (κ2) is 5.69. The Kier molecular flexibility index (Phi) is 3.90. The minimum atomic E-state index is 0.268. The molecule has 21 heavy (non-hydrogen) atoms. The van der Waals surface area contributed by atoms with Crippen LogP contribution in [0.2, 0.25) is 0 Å². The lowest BCUT2D eigenvalue weighted by Crippen LogP contribution is -2.39. The lowest BCUT2D eigenvalue weighted by Gasteiger charge is -2.39. The van der Waals surface area contributed by atoms with Crippen LogP contribution in [0.3, 0.4) is 0 Å². The molecule has 1 saturated heterocycles. The van der Waals surface area contributed by atoms with E-state index in [2.05, 4.69) is 37.8 Å². The molecule has 3 unspecified atom stereocenters. The fourth-order valence-electron chi connectivity index (χ4n) is 3.45. The van der Waals surface area contributed by atoms with E-state index in [0.717, 1.165) is 41.3 Å². The zero-order valence-corrected chi connectivity index (χ0v) is 13.2. The van der Waals surface area contributed by atoms with E-state index in [-0.39, 0.29) is 6.04 Å². The minimum absolute atomic E-state index is 0.268. The predicted octanol–water partition coefficient (Wildman–Crippen LogP) is 4.58. The number of phenolic OH excluding ortho intramolecular Hbond substituents is 1. The minimum Gasteiger partial charge on any atom is -0.507 e. The van der Waals surface area contributed by atoms with Crippen LogP contribution in [0, 0.1) is 11.8 Å². The van der Waals surface area contributed by atoms with Gasteiger partial charge in [0, 0.05) is 23.5 Å². The SMILES string of the molecule is CC1CCN(C(C)c2ccc3ccccc3c2O)CC1C. The average Bonchev–Trinajstić information content (AvgIpc) is 2.50. The van der Waals surface area contributed by atoms with Crippen LogP contribution in [-0.4, -0.2) is 23.1 Å². The van der Waals surface area contributed by atoms with Gasteiger partial charge in [-0.3, -0.25) is 4.90 Å². The maximum absolute atomic E-state index is 10.6. The highest BCUT2D eigenvalue weighted by Gasteiger charge is 2.27. The van der Waals surface area contributed by atoms with Crippen molar-refractivity contribution in [1.82, 2.24) is 4.90 Å². The van der Waals surface area contributed by atoms with Gasteiger partial charge in [-0.2, -0.15) is 0 Å². The molecule has 0 amide bonds. The Labute approximate surface area is 127 Å². The van der Waals surface area contributed by atoms with E-state index in [4.69, 9.17) is 0 Å². The molecule has 1 fully saturated rings. The average molecular weight is 283 g/mol. The summed E-state index contributed by atoms with van der Waals surface area (Å²) < 4.78 is 0.